The minimum atomic E-state index is -0.225. The van der Waals surface area contributed by atoms with E-state index in [0.29, 0.717) is 27.6 Å². The Kier molecular flexibility index (Phi) is 4.31. The Bertz CT molecular complexity index is 1560. The Morgan fingerprint density at radius 3 is 2.83 bits per heavy atom. The average Bonchev–Trinajstić information content (AvgIpc) is 3.23. The van der Waals surface area contributed by atoms with Crippen LogP contribution in [0.15, 0.2) is 52.9 Å². The summed E-state index contributed by atoms with van der Waals surface area (Å²) >= 11 is 7.94. The van der Waals surface area contributed by atoms with Gasteiger partial charge in [-0.2, -0.15) is 5.26 Å². The van der Waals surface area contributed by atoms with Gasteiger partial charge in [-0.1, -0.05) is 23.7 Å². The summed E-state index contributed by atoms with van der Waals surface area (Å²) in [4.78, 5) is 29.1. The van der Waals surface area contributed by atoms with Crippen LogP contribution in [0.3, 0.4) is 0 Å². The molecule has 0 aliphatic rings. The second-order valence-corrected chi connectivity index (χ2v) is 8.00. The van der Waals surface area contributed by atoms with Crippen molar-refractivity contribution in [3.63, 3.8) is 0 Å². The van der Waals surface area contributed by atoms with Crippen molar-refractivity contribution in [2.45, 2.75) is 6.92 Å². The smallest absolute Gasteiger partial charge is 0.209 e. The fourth-order valence-corrected chi connectivity index (χ4v) is 4.51. The molecule has 3 heterocycles. The first kappa shape index (κ1) is 18.4. The highest BCUT2D eigenvalue weighted by Crippen LogP contribution is 2.37. The van der Waals surface area contributed by atoms with Gasteiger partial charge in [-0.05, 0) is 30.7 Å². The van der Waals surface area contributed by atoms with E-state index in [4.69, 9.17) is 16.6 Å². The molecule has 1 N–H and O–H groups in total. The number of benzene rings is 2. The number of pyridine rings is 1. The number of thiazole rings is 1. The zero-order valence-electron chi connectivity index (χ0n) is 15.6. The molecule has 0 aliphatic heterocycles. The average molecular weight is 430 g/mol. The van der Waals surface area contributed by atoms with Gasteiger partial charge in [0, 0.05) is 23.4 Å². The highest BCUT2D eigenvalue weighted by atomic mass is 35.5. The number of nitrogens with zero attached hydrogens (tertiary/aromatic N) is 4. The fraction of sp³-hybridized carbons (Fsp3) is 0.0455. The molecule has 0 atom stereocenters. The molecule has 0 saturated heterocycles. The molecule has 0 unspecified atom stereocenters. The number of H-pyrrole nitrogens is 1. The van der Waals surface area contributed by atoms with Gasteiger partial charge in [-0.3, -0.25) is 4.79 Å². The minimum Gasteiger partial charge on any atom is -0.345 e. The van der Waals surface area contributed by atoms with E-state index in [9.17, 15) is 10.1 Å². The maximum atomic E-state index is 12.4. The fourth-order valence-electron chi connectivity index (χ4n) is 3.45. The molecule has 0 amide bonds. The topological polar surface area (TPSA) is 95.3 Å². The first-order valence-electron chi connectivity index (χ1n) is 8.99. The van der Waals surface area contributed by atoms with Gasteiger partial charge < -0.3 is 4.98 Å². The maximum absolute atomic E-state index is 12.4. The van der Waals surface area contributed by atoms with E-state index in [1.807, 2.05) is 25.1 Å². The third kappa shape index (κ3) is 2.86. The van der Waals surface area contributed by atoms with Gasteiger partial charge in [0.15, 0.2) is 11.2 Å². The van der Waals surface area contributed by atoms with Crippen LogP contribution in [0.4, 0.5) is 0 Å². The van der Waals surface area contributed by atoms with Gasteiger partial charge in [-0.25, -0.2) is 15.0 Å². The first-order chi connectivity index (χ1) is 14.6. The van der Waals surface area contributed by atoms with Gasteiger partial charge in [0.2, 0.25) is 5.43 Å². The summed E-state index contributed by atoms with van der Waals surface area (Å²) in [5, 5.41) is 9.96. The van der Waals surface area contributed by atoms with Crippen molar-refractivity contribution in [1.29, 1.82) is 5.26 Å². The Balaban J connectivity index is 1.90. The predicted octanol–water partition coefficient (Wildman–Crippen LogP) is 5.10. The van der Waals surface area contributed by atoms with E-state index >= 15 is 0 Å². The molecule has 144 valence electrons. The molecule has 5 rings (SSSR count). The Hall–Kier alpha value is -3.60. The summed E-state index contributed by atoms with van der Waals surface area (Å²) in [6.45, 7) is 1.87. The van der Waals surface area contributed by atoms with Crippen LogP contribution in [0.5, 0.6) is 0 Å². The van der Waals surface area contributed by atoms with Crippen LogP contribution in [0.2, 0.25) is 5.02 Å². The molecule has 0 bridgehead atoms. The summed E-state index contributed by atoms with van der Waals surface area (Å²) in [6.07, 6.45) is 1.54. The molecule has 5 aromatic rings. The van der Waals surface area contributed by atoms with E-state index in [0.717, 1.165) is 26.9 Å². The molecular formula is C22H12ClN5OS. The van der Waals surface area contributed by atoms with Crippen molar-refractivity contribution in [2.24, 2.45) is 0 Å². The number of hydrogen-bond donors (Lipinski definition) is 1. The summed E-state index contributed by atoms with van der Waals surface area (Å²) in [7, 11) is 0. The van der Waals surface area contributed by atoms with Crippen molar-refractivity contribution in [3.05, 3.63) is 74.5 Å². The van der Waals surface area contributed by atoms with Crippen LogP contribution in [-0.4, -0.2) is 19.9 Å². The Labute approximate surface area is 179 Å². The number of nitriles is 1. The van der Waals surface area contributed by atoms with Crippen LogP contribution in [0, 0.1) is 18.3 Å². The van der Waals surface area contributed by atoms with E-state index in [1.165, 1.54) is 17.4 Å². The van der Waals surface area contributed by atoms with E-state index in [2.05, 4.69) is 21.0 Å². The second kappa shape index (κ2) is 7.02. The summed E-state index contributed by atoms with van der Waals surface area (Å²) in [5.74, 6) is 0. The predicted molar refractivity (Wildman–Crippen MR) is 119 cm³/mol. The van der Waals surface area contributed by atoms with Gasteiger partial charge in [0.05, 0.1) is 43.8 Å². The molecule has 0 saturated carbocycles. The summed E-state index contributed by atoms with van der Waals surface area (Å²) < 4.78 is 0.912. The summed E-state index contributed by atoms with van der Waals surface area (Å²) in [5.41, 5.74) is 6.79. The molecule has 6 nitrogen and oxygen atoms in total. The number of halogens is 1. The Morgan fingerprint density at radius 2 is 2.00 bits per heavy atom. The van der Waals surface area contributed by atoms with E-state index in [1.54, 1.807) is 23.8 Å². The van der Waals surface area contributed by atoms with Gasteiger partial charge in [-0.15, -0.1) is 11.3 Å². The van der Waals surface area contributed by atoms with Gasteiger partial charge in [0.25, 0.3) is 0 Å². The molecule has 3 aromatic heterocycles. The molecule has 8 heteroatoms. The van der Waals surface area contributed by atoms with Crippen molar-refractivity contribution in [1.82, 2.24) is 19.9 Å². The van der Waals surface area contributed by atoms with Gasteiger partial charge in [0.1, 0.15) is 0 Å². The molecular weight excluding hydrogens is 418 g/mol. The first-order valence-corrected chi connectivity index (χ1v) is 10.2. The van der Waals surface area contributed by atoms with E-state index < -0.39 is 0 Å². The Morgan fingerprint density at radius 1 is 1.13 bits per heavy atom. The minimum absolute atomic E-state index is 0.225. The third-order valence-electron chi connectivity index (χ3n) is 4.96. The van der Waals surface area contributed by atoms with Crippen LogP contribution < -0.4 is 5.43 Å². The van der Waals surface area contributed by atoms with Crippen molar-refractivity contribution < 1.29 is 0 Å². The molecule has 0 fully saturated rings. The third-order valence-corrected chi connectivity index (χ3v) is 6.02. The lowest BCUT2D eigenvalue weighted by Gasteiger charge is -2.13. The largest absolute Gasteiger partial charge is 0.345 e. The molecule has 0 aliphatic carbocycles. The normalized spacial score (nSPS) is 11.1. The van der Waals surface area contributed by atoms with Crippen molar-refractivity contribution in [3.8, 4) is 28.6 Å². The number of aromatic amines is 1. The summed E-state index contributed by atoms with van der Waals surface area (Å²) in [6, 6.07) is 12.8. The zero-order valence-corrected chi connectivity index (χ0v) is 17.2. The SMILES string of the molecule is Cc1c(C#N)cccc1-c1nc2[nH]ccc(=O)c2nc1-c1cc(Cl)c2ncsc2c1. The van der Waals surface area contributed by atoms with E-state index in [-0.39, 0.29) is 10.9 Å². The zero-order chi connectivity index (χ0) is 20.8. The maximum Gasteiger partial charge on any atom is 0.209 e. The van der Waals surface area contributed by atoms with Crippen LogP contribution >= 0.6 is 22.9 Å². The van der Waals surface area contributed by atoms with Gasteiger partial charge >= 0.3 is 0 Å². The highest BCUT2D eigenvalue weighted by Gasteiger charge is 2.19. The molecule has 0 radical (unpaired) electrons. The molecule has 0 spiro atoms. The van der Waals surface area contributed by atoms with Crippen LogP contribution in [0.25, 0.3) is 43.9 Å². The highest BCUT2D eigenvalue weighted by molar-refractivity contribution is 7.16. The van der Waals surface area contributed by atoms with Crippen molar-refractivity contribution >= 4 is 44.3 Å². The number of aromatic nitrogens is 4. The number of rotatable bonds is 2. The second-order valence-electron chi connectivity index (χ2n) is 6.71. The lowest BCUT2D eigenvalue weighted by molar-refractivity contribution is 1.21. The van der Waals surface area contributed by atoms with Crippen LogP contribution in [-0.2, 0) is 0 Å². The monoisotopic (exact) mass is 429 g/mol. The number of hydrogen-bond acceptors (Lipinski definition) is 6. The van der Waals surface area contributed by atoms with Crippen molar-refractivity contribution in [2.75, 3.05) is 0 Å². The molecule has 2 aromatic carbocycles. The number of nitrogens with one attached hydrogen (secondary N) is 1. The lowest BCUT2D eigenvalue weighted by Crippen LogP contribution is -2.07. The van der Waals surface area contributed by atoms with Crippen LogP contribution in [0.1, 0.15) is 11.1 Å². The lowest BCUT2D eigenvalue weighted by atomic mass is 9.97. The quantitative estimate of drug-likeness (QED) is 0.421. The standard InChI is InChI=1S/C22H12ClN5OS/c1-11-12(9-24)3-2-4-14(11)19-18(27-21-16(29)5-6-25-22(21)28-19)13-7-15(23)20-17(8-13)30-10-26-20/h2-8,10H,1H3,(H,25,28,29). The molecule has 30 heavy (non-hydrogen) atoms. The number of fused-ring (bicyclic) bond motifs is 2.